The molecular weight excluding hydrogens is 286 g/mol. The summed E-state index contributed by atoms with van der Waals surface area (Å²) >= 11 is 0. The van der Waals surface area contributed by atoms with Crippen LogP contribution in [0.25, 0.3) is 11.3 Å². The van der Waals surface area contributed by atoms with Crippen molar-refractivity contribution >= 4 is 5.91 Å². The van der Waals surface area contributed by atoms with Gasteiger partial charge in [-0.2, -0.15) is 0 Å². The first-order chi connectivity index (χ1) is 11.3. The molecule has 0 spiro atoms. The number of pyridine rings is 2. The number of amides is 1. The summed E-state index contributed by atoms with van der Waals surface area (Å²) in [7, 11) is 0. The highest BCUT2D eigenvalue weighted by Gasteiger charge is 2.16. The van der Waals surface area contributed by atoms with Crippen molar-refractivity contribution in [3.8, 4) is 11.3 Å². The molecule has 0 aliphatic heterocycles. The third-order valence-electron chi connectivity index (χ3n) is 4.56. The molecule has 4 heteroatoms. The van der Waals surface area contributed by atoms with Gasteiger partial charge in [0.1, 0.15) is 0 Å². The van der Waals surface area contributed by atoms with E-state index in [1.54, 1.807) is 18.6 Å². The molecule has 0 radical (unpaired) electrons. The molecule has 120 valence electrons. The van der Waals surface area contributed by atoms with Gasteiger partial charge in [0.25, 0.3) is 0 Å². The minimum Gasteiger partial charge on any atom is -0.352 e. The summed E-state index contributed by atoms with van der Waals surface area (Å²) < 4.78 is 0. The third kappa shape index (κ3) is 4.38. The van der Waals surface area contributed by atoms with E-state index < -0.39 is 0 Å². The Hall–Kier alpha value is -2.23. The van der Waals surface area contributed by atoms with Crippen LogP contribution in [0.5, 0.6) is 0 Å². The van der Waals surface area contributed by atoms with Crippen LogP contribution in [-0.2, 0) is 11.3 Å². The van der Waals surface area contributed by atoms with Gasteiger partial charge in [0.15, 0.2) is 0 Å². The number of hydrogen-bond acceptors (Lipinski definition) is 3. The average Bonchev–Trinajstić information content (AvgIpc) is 3.13. The number of rotatable bonds is 6. The van der Waals surface area contributed by atoms with E-state index in [-0.39, 0.29) is 5.91 Å². The van der Waals surface area contributed by atoms with Crippen LogP contribution in [0.2, 0.25) is 0 Å². The fraction of sp³-hybridized carbons (Fsp3) is 0.421. The molecule has 0 atom stereocenters. The quantitative estimate of drug-likeness (QED) is 0.884. The third-order valence-corrected chi connectivity index (χ3v) is 4.56. The summed E-state index contributed by atoms with van der Waals surface area (Å²) in [6, 6.07) is 7.79. The normalized spacial score (nSPS) is 14.8. The SMILES string of the molecule is O=C(CCC1CCCC1)NCc1cccnc1-c1cccnc1. The van der Waals surface area contributed by atoms with Crippen LogP contribution < -0.4 is 5.32 Å². The van der Waals surface area contributed by atoms with Gasteiger partial charge in [-0.3, -0.25) is 14.8 Å². The van der Waals surface area contributed by atoms with Crippen molar-refractivity contribution < 1.29 is 4.79 Å². The van der Waals surface area contributed by atoms with Gasteiger partial charge in [0.2, 0.25) is 5.91 Å². The molecule has 4 nitrogen and oxygen atoms in total. The Bertz CT molecular complexity index is 636. The van der Waals surface area contributed by atoms with E-state index in [4.69, 9.17) is 0 Å². The molecule has 1 amide bonds. The Kier molecular flexibility index (Phi) is 5.35. The number of nitrogens with one attached hydrogen (secondary N) is 1. The minimum absolute atomic E-state index is 0.137. The first kappa shape index (κ1) is 15.7. The van der Waals surface area contributed by atoms with Crippen LogP contribution in [0, 0.1) is 5.92 Å². The lowest BCUT2D eigenvalue weighted by Crippen LogP contribution is -2.23. The van der Waals surface area contributed by atoms with Gasteiger partial charge in [-0.15, -0.1) is 0 Å². The molecule has 1 aliphatic carbocycles. The lowest BCUT2D eigenvalue weighted by Gasteiger charge is -2.11. The van der Waals surface area contributed by atoms with Crippen molar-refractivity contribution in [2.45, 2.75) is 45.1 Å². The number of aromatic nitrogens is 2. The summed E-state index contributed by atoms with van der Waals surface area (Å²) in [4.78, 5) is 20.7. The Balaban J connectivity index is 1.56. The molecule has 23 heavy (non-hydrogen) atoms. The second kappa shape index (κ2) is 7.86. The van der Waals surface area contributed by atoms with E-state index >= 15 is 0 Å². The summed E-state index contributed by atoms with van der Waals surface area (Å²) in [5.41, 5.74) is 2.88. The lowest BCUT2D eigenvalue weighted by molar-refractivity contribution is -0.121. The molecule has 1 fully saturated rings. The minimum atomic E-state index is 0.137. The molecule has 1 saturated carbocycles. The zero-order valence-corrected chi connectivity index (χ0v) is 13.4. The van der Waals surface area contributed by atoms with Crippen molar-refractivity contribution in [2.24, 2.45) is 5.92 Å². The van der Waals surface area contributed by atoms with E-state index in [2.05, 4.69) is 15.3 Å². The number of hydrogen-bond donors (Lipinski definition) is 1. The number of nitrogens with zero attached hydrogens (tertiary/aromatic N) is 2. The number of carbonyl (C=O) groups is 1. The fourth-order valence-electron chi connectivity index (χ4n) is 3.26. The van der Waals surface area contributed by atoms with Crippen molar-refractivity contribution in [1.29, 1.82) is 0 Å². The summed E-state index contributed by atoms with van der Waals surface area (Å²) in [5, 5.41) is 3.03. The summed E-state index contributed by atoms with van der Waals surface area (Å²) in [6.07, 6.45) is 12.2. The standard InChI is InChI=1S/C19H23N3O/c23-18(10-9-15-5-1-2-6-15)22-14-17-8-4-12-21-19(17)16-7-3-11-20-13-16/h3-4,7-8,11-13,15H,1-2,5-6,9-10,14H2,(H,22,23). The van der Waals surface area contributed by atoms with Crippen LogP contribution >= 0.6 is 0 Å². The molecule has 0 aromatic carbocycles. The van der Waals surface area contributed by atoms with Crippen molar-refractivity contribution in [3.63, 3.8) is 0 Å². The maximum Gasteiger partial charge on any atom is 0.220 e. The van der Waals surface area contributed by atoms with E-state index in [1.165, 1.54) is 25.7 Å². The maximum absolute atomic E-state index is 12.1. The number of carbonyl (C=O) groups excluding carboxylic acids is 1. The first-order valence-electron chi connectivity index (χ1n) is 8.44. The molecule has 2 aromatic rings. The Morgan fingerprint density at radius 1 is 1.17 bits per heavy atom. The average molecular weight is 309 g/mol. The van der Waals surface area contributed by atoms with Crippen molar-refractivity contribution in [1.82, 2.24) is 15.3 Å². The van der Waals surface area contributed by atoms with Crippen LogP contribution in [0.15, 0.2) is 42.9 Å². The van der Waals surface area contributed by atoms with Crippen molar-refractivity contribution in [2.75, 3.05) is 0 Å². The van der Waals surface area contributed by atoms with E-state index in [0.717, 1.165) is 29.2 Å². The first-order valence-corrected chi connectivity index (χ1v) is 8.44. The smallest absolute Gasteiger partial charge is 0.220 e. The lowest BCUT2D eigenvalue weighted by atomic mass is 10.0. The van der Waals surface area contributed by atoms with Gasteiger partial charge in [0.05, 0.1) is 5.69 Å². The van der Waals surface area contributed by atoms with Crippen LogP contribution in [0.3, 0.4) is 0 Å². The Morgan fingerprint density at radius 3 is 2.78 bits per heavy atom. The van der Waals surface area contributed by atoms with Gasteiger partial charge in [-0.05, 0) is 36.1 Å². The molecule has 1 N–H and O–H groups in total. The van der Waals surface area contributed by atoms with E-state index in [1.807, 2.05) is 24.3 Å². The van der Waals surface area contributed by atoms with Gasteiger partial charge in [-0.25, -0.2) is 0 Å². The van der Waals surface area contributed by atoms with E-state index in [9.17, 15) is 4.79 Å². The van der Waals surface area contributed by atoms with Gasteiger partial charge < -0.3 is 5.32 Å². The highest BCUT2D eigenvalue weighted by Crippen LogP contribution is 2.28. The zero-order valence-electron chi connectivity index (χ0n) is 13.4. The van der Waals surface area contributed by atoms with Crippen LogP contribution in [-0.4, -0.2) is 15.9 Å². The molecule has 2 aromatic heterocycles. The predicted molar refractivity (Wildman–Crippen MR) is 90.5 cm³/mol. The monoisotopic (exact) mass is 309 g/mol. The largest absolute Gasteiger partial charge is 0.352 e. The van der Waals surface area contributed by atoms with E-state index in [0.29, 0.717) is 13.0 Å². The molecule has 0 unspecified atom stereocenters. The Labute approximate surface area is 137 Å². The molecule has 2 heterocycles. The maximum atomic E-state index is 12.1. The van der Waals surface area contributed by atoms with Gasteiger partial charge in [-0.1, -0.05) is 31.7 Å². The topological polar surface area (TPSA) is 54.9 Å². The molecular formula is C19H23N3O. The van der Waals surface area contributed by atoms with Crippen molar-refractivity contribution in [3.05, 3.63) is 48.4 Å². The highest BCUT2D eigenvalue weighted by atomic mass is 16.1. The van der Waals surface area contributed by atoms with Gasteiger partial charge in [0, 0.05) is 37.1 Å². The van der Waals surface area contributed by atoms with Gasteiger partial charge >= 0.3 is 0 Å². The zero-order chi connectivity index (χ0) is 15.9. The summed E-state index contributed by atoms with van der Waals surface area (Å²) in [5.74, 6) is 0.892. The van der Waals surface area contributed by atoms with Crippen LogP contribution in [0.1, 0.15) is 44.1 Å². The second-order valence-corrected chi connectivity index (χ2v) is 6.22. The molecule has 0 bridgehead atoms. The molecule has 1 aliphatic rings. The molecule has 3 rings (SSSR count). The highest BCUT2D eigenvalue weighted by molar-refractivity contribution is 5.76. The predicted octanol–water partition coefficient (Wildman–Crippen LogP) is 3.73. The second-order valence-electron chi connectivity index (χ2n) is 6.22. The summed E-state index contributed by atoms with van der Waals surface area (Å²) in [6.45, 7) is 0.515. The van der Waals surface area contributed by atoms with Crippen LogP contribution in [0.4, 0.5) is 0 Å². The molecule has 0 saturated heterocycles. The Morgan fingerprint density at radius 2 is 2.00 bits per heavy atom. The fourth-order valence-corrected chi connectivity index (χ4v) is 3.26.